The molecule has 2 saturated heterocycles. The molecule has 0 saturated carbocycles. The molecule has 4 rings (SSSR count). The molecule has 2 aliphatic rings. The first-order valence-electron chi connectivity index (χ1n) is 7.92. The Kier molecular flexibility index (Phi) is 3.70. The van der Waals surface area contributed by atoms with E-state index >= 15 is 0 Å². The lowest BCUT2D eigenvalue weighted by molar-refractivity contribution is -0.129. The monoisotopic (exact) mass is 368 g/mol. The van der Waals surface area contributed by atoms with Crippen molar-refractivity contribution in [1.82, 2.24) is 19.2 Å². The molecule has 0 spiro atoms. The second-order valence-corrected chi connectivity index (χ2v) is 10.0. The lowest BCUT2D eigenvalue weighted by atomic mass is 10.00. The number of aromatic nitrogens is 2. The number of nitrogens with zero attached hydrogens (tertiary/aromatic N) is 4. The molecule has 4 heterocycles. The molecule has 24 heavy (non-hydrogen) atoms. The number of carbonyl (C=O) groups excluding carboxylic acids is 1. The second kappa shape index (κ2) is 5.53. The van der Waals surface area contributed by atoms with Crippen LogP contribution in [0.3, 0.4) is 0 Å². The largest absolute Gasteiger partial charge is 0.341 e. The van der Waals surface area contributed by atoms with E-state index in [1.54, 1.807) is 4.90 Å². The molecule has 2 aromatic rings. The summed E-state index contributed by atoms with van der Waals surface area (Å²) in [7, 11) is 0.693. The van der Waals surface area contributed by atoms with Crippen molar-refractivity contribution in [3.05, 3.63) is 23.5 Å². The second-order valence-electron chi connectivity index (χ2n) is 6.86. The first-order chi connectivity index (χ1) is 11.3. The first-order valence-corrected chi connectivity index (χ1v) is 10.5. The van der Waals surface area contributed by atoms with Crippen molar-refractivity contribution in [3.8, 4) is 0 Å². The zero-order valence-electron chi connectivity index (χ0n) is 13.6. The fraction of sp³-hybridized carbons (Fsp3) is 0.600. The quantitative estimate of drug-likeness (QED) is 0.770. The Morgan fingerprint density at radius 1 is 1.42 bits per heavy atom. The Morgan fingerprint density at radius 3 is 2.92 bits per heavy atom. The molecule has 0 N–H and O–H groups in total. The highest BCUT2D eigenvalue weighted by Crippen LogP contribution is 2.36. The van der Waals surface area contributed by atoms with Crippen LogP contribution in [-0.4, -0.2) is 77.7 Å². The zero-order valence-corrected chi connectivity index (χ0v) is 15.3. The fourth-order valence-corrected chi connectivity index (χ4v) is 7.09. The van der Waals surface area contributed by atoms with Crippen LogP contribution in [0.2, 0.25) is 0 Å². The van der Waals surface area contributed by atoms with Gasteiger partial charge in [-0.15, -0.1) is 11.3 Å². The normalized spacial score (nSPS) is 28.8. The Balaban J connectivity index is 1.49. The number of rotatable bonds is 3. The molecule has 0 aliphatic carbocycles. The predicted octanol–water partition coefficient (Wildman–Crippen LogP) is 0.124. The number of sulfone groups is 1. The van der Waals surface area contributed by atoms with E-state index in [4.69, 9.17) is 0 Å². The molecule has 0 unspecified atom stereocenters. The molecule has 9 heteroatoms. The highest BCUT2D eigenvalue weighted by atomic mass is 32.2. The van der Waals surface area contributed by atoms with Crippen molar-refractivity contribution < 1.29 is 13.2 Å². The third kappa shape index (κ3) is 2.55. The van der Waals surface area contributed by atoms with Gasteiger partial charge in [0.05, 0.1) is 23.1 Å². The number of fused-ring (bicyclic) bond motifs is 2. The minimum Gasteiger partial charge on any atom is -0.341 e. The third-order valence-electron chi connectivity index (χ3n) is 5.16. The summed E-state index contributed by atoms with van der Waals surface area (Å²) in [5.41, 5.74) is 0.732. The molecule has 0 aromatic carbocycles. The van der Waals surface area contributed by atoms with E-state index in [9.17, 15) is 13.2 Å². The van der Waals surface area contributed by atoms with Crippen LogP contribution in [0.5, 0.6) is 0 Å². The van der Waals surface area contributed by atoms with E-state index in [2.05, 4.69) is 4.98 Å². The molecule has 3 atom stereocenters. The Hall–Kier alpha value is -1.45. The highest BCUT2D eigenvalue weighted by Gasteiger charge is 2.53. The van der Waals surface area contributed by atoms with Gasteiger partial charge in [-0.1, -0.05) is 0 Å². The molecule has 7 nitrogen and oxygen atoms in total. The molecule has 130 valence electrons. The summed E-state index contributed by atoms with van der Waals surface area (Å²) >= 11 is 1.53. The lowest BCUT2D eigenvalue weighted by Crippen LogP contribution is -2.39. The van der Waals surface area contributed by atoms with Crippen LogP contribution >= 0.6 is 11.3 Å². The Morgan fingerprint density at radius 2 is 2.21 bits per heavy atom. The maximum absolute atomic E-state index is 12.6. The third-order valence-corrected chi connectivity index (χ3v) is 8.16. The van der Waals surface area contributed by atoms with Crippen molar-refractivity contribution in [2.75, 3.05) is 32.9 Å². The molecule has 0 bridgehead atoms. The van der Waals surface area contributed by atoms with Gasteiger partial charge in [-0.3, -0.25) is 9.20 Å². The van der Waals surface area contributed by atoms with Crippen LogP contribution in [0.15, 0.2) is 17.8 Å². The molecule has 0 radical (unpaired) electrons. The van der Waals surface area contributed by atoms with Crippen molar-refractivity contribution in [2.45, 2.75) is 17.7 Å². The molecular weight excluding hydrogens is 348 g/mol. The summed E-state index contributed by atoms with van der Waals surface area (Å²) in [4.78, 5) is 21.6. The van der Waals surface area contributed by atoms with E-state index in [0.29, 0.717) is 13.1 Å². The summed E-state index contributed by atoms with van der Waals surface area (Å²) in [5.74, 6) is 0.177. The van der Waals surface area contributed by atoms with Gasteiger partial charge in [0.25, 0.3) is 0 Å². The number of hydrogen-bond donors (Lipinski definition) is 0. The van der Waals surface area contributed by atoms with Gasteiger partial charge in [-0.2, -0.15) is 0 Å². The van der Waals surface area contributed by atoms with E-state index in [1.165, 1.54) is 11.3 Å². The summed E-state index contributed by atoms with van der Waals surface area (Å²) in [6, 6.07) is -0.00394. The predicted molar refractivity (Wildman–Crippen MR) is 91.9 cm³/mol. The van der Waals surface area contributed by atoms with Gasteiger partial charge in [0.2, 0.25) is 5.91 Å². The number of amides is 1. The van der Waals surface area contributed by atoms with E-state index in [0.717, 1.165) is 10.7 Å². The van der Waals surface area contributed by atoms with Crippen LogP contribution < -0.4 is 0 Å². The van der Waals surface area contributed by atoms with Gasteiger partial charge in [0.15, 0.2) is 14.8 Å². The molecule has 2 aromatic heterocycles. The number of likely N-dealkylation sites (tertiary alicyclic amines) is 1. The SMILES string of the molecule is CN(C)[C@H]1CS(=O)(=O)[C@H]2CN(C(=O)Cc3cn4ccsc4n3)C[C@@H]12. The Labute approximate surface area is 144 Å². The first kappa shape index (κ1) is 16.0. The average Bonchev–Trinajstić information content (AvgIpc) is 3.19. The summed E-state index contributed by atoms with van der Waals surface area (Å²) in [6.45, 7) is 0.839. The van der Waals surface area contributed by atoms with Crippen LogP contribution in [0.1, 0.15) is 5.69 Å². The summed E-state index contributed by atoms with van der Waals surface area (Å²) in [6.07, 6.45) is 4.00. The maximum atomic E-state index is 12.6. The molecule has 2 aliphatic heterocycles. The van der Waals surface area contributed by atoms with Crippen molar-refractivity contribution >= 4 is 32.0 Å². The minimum atomic E-state index is -3.12. The van der Waals surface area contributed by atoms with Gasteiger partial charge in [-0.25, -0.2) is 13.4 Å². The number of hydrogen-bond acceptors (Lipinski definition) is 6. The number of carbonyl (C=O) groups is 1. The van der Waals surface area contributed by atoms with Gasteiger partial charge >= 0.3 is 0 Å². The Bertz CT molecular complexity index is 857. The van der Waals surface area contributed by atoms with Crippen LogP contribution in [0, 0.1) is 5.92 Å². The van der Waals surface area contributed by atoms with Crippen LogP contribution in [0.25, 0.3) is 4.96 Å². The number of imidazole rings is 1. The average molecular weight is 368 g/mol. The molecule has 1 amide bonds. The standard InChI is InChI=1S/C15H20N4O3S2/c1-17(2)12-9-24(21,22)13-8-19(7-11(12)13)14(20)5-10-6-18-3-4-23-15(18)16-10/h3-4,6,11-13H,5,7-9H2,1-2H3/t11-,12-,13-/m0/s1. The van der Waals surface area contributed by atoms with Gasteiger partial charge < -0.3 is 9.80 Å². The lowest BCUT2D eigenvalue weighted by Gasteiger charge is -2.25. The van der Waals surface area contributed by atoms with Crippen LogP contribution in [-0.2, 0) is 21.1 Å². The van der Waals surface area contributed by atoms with Gasteiger partial charge in [0, 0.05) is 42.8 Å². The van der Waals surface area contributed by atoms with Crippen molar-refractivity contribution in [2.24, 2.45) is 5.92 Å². The topological polar surface area (TPSA) is 75.0 Å². The fourth-order valence-electron chi connectivity index (χ4n) is 3.90. The van der Waals surface area contributed by atoms with Crippen molar-refractivity contribution in [1.29, 1.82) is 0 Å². The van der Waals surface area contributed by atoms with E-state index in [1.807, 2.05) is 41.2 Å². The molecular formula is C15H20N4O3S2. The van der Waals surface area contributed by atoms with Crippen LogP contribution in [0.4, 0.5) is 0 Å². The smallest absolute Gasteiger partial charge is 0.228 e. The van der Waals surface area contributed by atoms with Crippen molar-refractivity contribution in [3.63, 3.8) is 0 Å². The van der Waals surface area contributed by atoms with Gasteiger partial charge in [0.1, 0.15) is 0 Å². The molecule has 2 fully saturated rings. The van der Waals surface area contributed by atoms with E-state index < -0.39 is 15.1 Å². The summed E-state index contributed by atoms with van der Waals surface area (Å²) in [5, 5.41) is 1.53. The van der Waals surface area contributed by atoms with Gasteiger partial charge in [-0.05, 0) is 14.1 Å². The van der Waals surface area contributed by atoms with E-state index in [-0.39, 0.29) is 30.0 Å². The minimum absolute atomic E-state index is 0.00394. The number of thiazole rings is 1. The summed E-state index contributed by atoms with van der Waals surface area (Å²) < 4.78 is 26.7. The maximum Gasteiger partial charge on any atom is 0.228 e. The zero-order chi connectivity index (χ0) is 17.1. The highest BCUT2D eigenvalue weighted by molar-refractivity contribution is 7.92.